The molecule has 3 rings (SSSR count). The Kier molecular flexibility index (Phi) is 9.33. The molecule has 0 saturated heterocycles. The first-order chi connectivity index (χ1) is 14.3. The number of Topliss-reactive ketones (excluding diaryl/α,β-unsaturated/α-hetero) is 1. The van der Waals surface area contributed by atoms with Crippen molar-refractivity contribution in [3.8, 4) is 0 Å². The van der Waals surface area contributed by atoms with Crippen molar-refractivity contribution >= 4 is 53.1 Å². The molecule has 2 aromatic carbocycles. The molecule has 0 unspecified atom stereocenters. The number of hydrogen-bond acceptors (Lipinski definition) is 5. The molecule has 1 aliphatic rings. The van der Waals surface area contributed by atoms with Crippen molar-refractivity contribution in [2.24, 2.45) is 11.7 Å². The molecule has 1 amide bonds. The lowest BCUT2D eigenvalue weighted by Gasteiger charge is -2.25. The molecule has 9 heteroatoms. The van der Waals surface area contributed by atoms with Gasteiger partial charge in [0.15, 0.2) is 5.78 Å². The summed E-state index contributed by atoms with van der Waals surface area (Å²) < 4.78 is 20.1. The minimum Gasteiger partial charge on any atom is -0.373 e. The number of fused-ring (bicyclic) bond motifs is 1. The maximum atomic E-state index is 14.7. The van der Waals surface area contributed by atoms with Gasteiger partial charge in [0.05, 0.1) is 23.8 Å². The topological polar surface area (TPSA) is 72.6 Å². The van der Waals surface area contributed by atoms with E-state index in [1.54, 1.807) is 12.1 Å². The lowest BCUT2D eigenvalue weighted by atomic mass is 10.1. The first-order valence-corrected chi connectivity index (χ1v) is 11.0. The fourth-order valence-corrected chi connectivity index (χ4v) is 4.19. The molecule has 1 atom stereocenters. The van der Waals surface area contributed by atoms with Gasteiger partial charge in [-0.3, -0.25) is 9.59 Å². The molecule has 2 aromatic rings. The number of ketones is 1. The second-order valence-electron chi connectivity index (χ2n) is 7.60. The smallest absolute Gasteiger partial charge is 0.245 e. The van der Waals surface area contributed by atoms with Crippen molar-refractivity contribution in [3.05, 3.63) is 58.4 Å². The van der Waals surface area contributed by atoms with E-state index in [2.05, 4.69) is 0 Å². The van der Waals surface area contributed by atoms with Crippen molar-refractivity contribution in [1.29, 1.82) is 0 Å². The summed E-state index contributed by atoms with van der Waals surface area (Å²) in [4.78, 5) is 27.6. The van der Waals surface area contributed by atoms with Crippen molar-refractivity contribution in [1.82, 2.24) is 0 Å². The highest BCUT2D eigenvalue weighted by atomic mass is 35.5. The Labute approximate surface area is 196 Å². The van der Waals surface area contributed by atoms with Gasteiger partial charge in [-0.1, -0.05) is 37.6 Å². The fourth-order valence-electron chi connectivity index (χ4n) is 3.05. The maximum Gasteiger partial charge on any atom is 0.245 e. The number of benzene rings is 2. The second-order valence-corrected chi connectivity index (χ2v) is 9.10. The maximum absolute atomic E-state index is 14.7. The molecule has 2 N–H and O–H groups in total. The molecule has 0 aromatic heterocycles. The van der Waals surface area contributed by atoms with Crippen LogP contribution in [0.2, 0.25) is 5.02 Å². The first kappa shape index (κ1) is 25.6. The predicted molar refractivity (Wildman–Crippen MR) is 125 cm³/mol. The van der Waals surface area contributed by atoms with E-state index in [1.807, 2.05) is 26.0 Å². The summed E-state index contributed by atoms with van der Waals surface area (Å²) in [6.45, 7) is 4.36. The van der Waals surface area contributed by atoms with E-state index in [9.17, 15) is 14.0 Å². The number of halogens is 3. The van der Waals surface area contributed by atoms with Crippen molar-refractivity contribution in [3.63, 3.8) is 0 Å². The highest BCUT2D eigenvalue weighted by Gasteiger charge is 2.30. The van der Waals surface area contributed by atoms with Gasteiger partial charge in [-0.2, -0.15) is 0 Å². The summed E-state index contributed by atoms with van der Waals surface area (Å²) in [5.41, 5.74) is 7.26. The first-order valence-electron chi connectivity index (χ1n) is 9.65. The van der Waals surface area contributed by atoms with Crippen LogP contribution in [0.4, 0.5) is 10.1 Å². The molecular formula is C22H25Cl2FN2O3S. The number of rotatable bonds is 7. The fraction of sp³-hybridized carbons (Fsp3) is 0.364. The Morgan fingerprint density at radius 1 is 1.32 bits per heavy atom. The van der Waals surface area contributed by atoms with Gasteiger partial charge < -0.3 is 15.4 Å². The molecule has 0 aliphatic carbocycles. The Morgan fingerprint density at radius 2 is 2.00 bits per heavy atom. The van der Waals surface area contributed by atoms with Gasteiger partial charge in [0.1, 0.15) is 12.4 Å². The second kappa shape index (κ2) is 11.3. The summed E-state index contributed by atoms with van der Waals surface area (Å²) >= 11 is 7.26. The van der Waals surface area contributed by atoms with Crippen molar-refractivity contribution in [2.75, 3.05) is 23.9 Å². The third-order valence-corrected chi connectivity index (χ3v) is 6.00. The molecule has 0 radical (unpaired) electrons. The monoisotopic (exact) mass is 486 g/mol. The SMILES string of the molecule is CC(C)COCC(=O)c1cc2c(cc1F)SC[C@H](N)C(=O)N2Cc1ccc(Cl)cc1.Cl. The molecule has 168 valence electrons. The number of carbonyl (C=O) groups excluding carboxylic acids is 2. The molecule has 5 nitrogen and oxygen atoms in total. The Hall–Kier alpha value is -1.64. The van der Waals surface area contributed by atoms with Gasteiger partial charge in [-0.25, -0.2) is 4.39 Å². The summed E-state index contributed by atoms with van der Waals surface area (Å²) in [7, 11) is 0. The molecular weight excluding hydrogens is 462 g/mol. The van der Waals surface area contributed by atoms with Crippen LogP contribution in [0.25, 0.3) is 0 Å². The van der Waals surface area contributed by atoms with Crippen LogP contribution >= 0.6 is 35.8 Å². The van der Waals surface area contributed by atoms with Crippen LogP contribution in [0.1, 0.15) is 29.8 Å². The zero-order valence-corrected chi connectivity index (χ0v) is 19.7. The number of anilines is 1. The lowest BCUT2D eigenvalue weighted by Crippen LogP contribution is -2.44. The normalized spacial score (nSPS) is 16.0. The Morgan fingerprint density at radius 3 is 2.65 bits per heavy atom. The minimum atomic E-state index is -0.730. The van der Waals surface area contributed by atoms with Gasteiger partial charge in [0, 0.05) is 22.3 Å². The van der Waals surface area contributed by atoms with Gasteiger partial charge in [-0.05, 0) is 35.7 Å². The number of nitrogens with zero attached hydrogens (tertiary/aromatic N) is 1. The van der Waals surface area contributed by atoms with E-state index in [0.29, 0.717) is 28.0 Å². The van der Waals surface area contributed by atoms with Crippen LogP contribution in [-0.2, 0) is 16.1 Å². The Bertz CT molecular complexity index is 941. The standard InChI is InChI=1S/C22H24ClFN2O3S.ClH/c1-13(2)10-29-11-20(27)16-7-19-21(8-17(16)24)30-12-18(25)22(28)26(19)9-14-3-5-15(23)6-4-14;/h3-8,13,18H,9-12,25H2,1-2H3;1H/t18-;/m0./s1. The number of hydrogen-bond donors (Lipinski definition) is 1. The summed E-state index contributed by atoms with van der Waals surface area (Å²) in [5, 5.41) is 0.588. The molecule has 31 heavy (non-hydrogen) atoms. The molecule has 1 aliphatic heterocycles. The third kappa shape index (κ3) is 6.43. The third-order valence-electron chi connectivity index (χ3n) is 4.58. The van der Waals surface area contributed by atoms with Crippen LogP contribution in [0, 0.1) is 11.7 Å². The summed E-state index contributed by atoms with van der Waals surface area (Å²) in [6, 6.07) is 9.11. The van der Waals surface area contributed by atoms with E-state index in [-0.39, 0.29) is 42.9 Å². The molecule has 0 spiro atoms. The minimum absolute atomic E-state index is 0. The largest absolute Gasteiger partial charge is 0.373 e. The van der Waals surface area contributed by atoms with Crippen LogP contribution in [0.15, 0.2) is 41.3 Å². The van der Waals surface area contributed by atoms with E-state index >= 15 is 0 Å². The molecule has 0 saturated carbocycles. The number of nitrogens with two attached hydrogens (primary N) is 1. The van der Waals surface area contributed by atoms with E-state index < -0.39 is 17.6 Å². The lowest BCUT2D eigenvalue weighted by molar-refractivity contribution is -0.119. The number of ether oxygens (including phenoxy) is 1. The summed E-state index contributed by atoms with van der Waals surface area (Å²) in [5.74, 6) is -0.785. The van der Waals surface area contributed by atoms with Crippen LogP contribution in [0.3, 0.4) is 0 Å². The van der Waals surface area contributed by atoms with Crippen molar-refractivity contribution in [2.45, 2.75) is 31.3 Å². The van der Waals surface area contributed by atoms with Gasteiger partial charge >= 0.3 is 0 Å². The van der Waals surface area contributed by atoms with E-state index in [1.165, 1.54) is 28.8 Å². The van der Waals surface area contributed by atoms with E-state index in [4.69, 9.17) is 22.1 Å². The van der Waals surface area contributed by atoms with Crippen LogP contribution in [-0.4, -0.2) is 36.7 Å². The quantitative estimate of drug-likeness (QED) is 0.573. The van der Waals surface area contributed by atoms with Gasteiger partial charge in [0.2, 0.25) is 5.91 Å². The molecule has 0 fully saturated rings. The Balaban J connectivity index is 0.00000341. The van der Waals surface area contributed by atoms with Crippen LogP contribution < -0.4 is 10.6 Å². The van der Waals surface area contributed by atoms with Crippen LogP contribution in [0.5, 0.6) is 0 Å². The average Bonchev–Trinajstić information content (AvgIpc) is 2.80. The molecule has 1 heterocycles. The predicted octanol–water partition coefficient (Wildman–Crippen LogP) is 4.72. The summed E-state index contributed by atoms with van der Waals surface area (Å²) in [6.07, 6.45) is 0. The number of carbonyl (C=O) groups is 2. The van der Waals surface area contributed by atoms with Gasteiger partial charge in [-0.15, -0.1) is 24.2 Å². The van der Waals surface area contributed by atoms with Crippen molar-refractivity contribution < 1.29 is 18.7 Å². The average molecular weight is 487 g/mol. The highest BCUT2D eigenvalue weighted by Crippen LogP contribution is 2.37. The van der Waals surface area contributed by atoms with Gasteiger partial charge in [0.25, 0.3) is 0 Å². The number of amides is 1. The zero-order chi connectivity index (χ0) is 21.8. The van der Waals surface area contributed by atoms with E-state index in [0.717, 1.165) is 5.56 Å². The zero-order valence-electron chi connectivity index (χ0n) is 17.3. The number of thioether (sulfide) groups is 1. The highest BCUT2D eigenvalue weighted by molar-refractivity contribution is 7.99. The molecule has 0 bridgehead atoms.